The van der Waals surface area contributed by atoms with Gasteiger partial charge in [0.15, 0.2) is 6.61 Å². The molecule has 0 saturated carbocycles. The molecule has 1 aliphatic heterocycles. The van der Waals surface area contributed by atoms with Crippen molar-refractivity contribution in [3.63, 3.8) is 0 Å². The van der Waals surface area contributed by atoms with Crippen LogP contribution in [-0.2, 0) is 0 Å². The molecule has 0 unspecified atom stereocenters. The van der Waals surface area contributed by atoms with Crippen LogP contribution in [0.15, 0.2) is 24.3 Å². The van der Waals surface area contributed by atoms with Crippen LogP contribution in [0, 0.1) is 0 Å². The summed E-state index contributed by atoms with van der Waals surface area (Å²) in [5.74, 6) is 0.251. The van der Waals surface area contributed by atoms with E-state index in [2.05, 4.69) is 17.1 Å². The SMILES string of the molecule is C[C@@H]1CNCCN1c1cccc(OCC(F)(F)F)c1. The molecule has 1 aromatic carbocycles. The molecule has 19 heavy (non-hydrogen) atoms. The van der Waals surface area contributed by atoms with Gasteiger partial charge in [-0.05, 0) is 19.1 Å². The molecule has 1 heterocycles. The smallest absolute Gasteiger partial charge is 0.422 e. The van der Waals surface area contributed by atoms with E-state index >= 15 is 0 Å². The molecule has 0 amide bonds. The Morgan fingerprint density at radius 1 is 1.42 bits per heavy atom. The molecule has 2 rings (SSSR count). The van der Waals surface area contributed by atoms with Crippen LogP contribution in [0.25, 0.3) is 0 Å². The van der Waals surface area contributed by atoms with Crippen molar-refractivity contribution in [3.05, 3.63) is 24.3 Å². The molecular weight excluding hydrogens is 257 g/mol. The number of nitrogens with zero attached hydrogens (tertiary/aromatic N) is 1. The van der Waals surface area contributed by atoms with Gasteiger partial charge < -0.3 is 15.0 Å². The quantitative estimate of drug-likeness (QED) is 0.916. The summed E-state index contributed by atoms with van der Waals surface area (Å²) in [5, 5.41) is 3.27. The standard InChI is InChI=1S/C13H17F3N2O/c1-10-8-17-5-6-18(10)11-3-2-4-12(7-11)19-9-13(14,15)16/h2-4,7,10,17H,5-6,8-9H2,1H3/t10-/m1/s1. The fourth-order valence-corrected chi connectivity index (χ4v) is 2.14. The Bertz CT molecular complexity index is 423. The summed E-state index contributed by atoms with van der Waals surface area (Å²) in [6.07, 6.45) is -4.31. The van der Waals surface area contributed by atoms with Gasteiger partial charge in [0.1, 0.15) is 5.75 Å². The van der Waals surface area contributed by atoms with E-state index in [1.54, 1.807) is 18.2 Å². The van der Waals surface area contributed by atoms with Crippen molar-refractivity contribution in [2.24, 2.45) is 0 Å². The monoisotopic (exact) mass is 274 g/mol. The van der Waals surface area contributed by atoms with Gasteiger partial charge in [0, 0.05) is 37.4 Å². The fraction of sp³-hybridized carbons (Fsp3) is 0.538. The van der Waals surface area contributed by atoms with Crippen LogP contribution >= 0.6 is 0 Å². The van der Waals surface area contributed by atoms with Gasteiger partial charge in [0.25, 0.3) is 0 Å². The first-order valence-electron chi connectivity index (χ1n) is 6.23. The predicted octanol–water partition coefficient (Wildman–Crippen LogP) is 2.43. The summed E-state index contributed by atoms with van der Waals surface area (Å²) >= 11 is 0. The van der Waals surface area contributed by atoms with E-state index in [1.165, 1.54) is 0 Å². The Labute approximate surface area is 110 Å². The third-order valence-corrected chi connectivity index (χ3v) is 3.05. The van der Waals surface area contributed by atoms with Gasteiger partial charge in [-0.25, -0.2) is 0 Å². The number of hydrogen-bond donors (Lipinski definition) is 1. The summed E-state index contributed by atoms with van der Waals surface area (Å²) in [5.41, 5.74) is 0.897. The van der Waals surface area contributed by atoms with E-state index in [-0.39, 0.29) is 5.75 Å². The van der Waals surface area contributed by atoms with Crippen molar-refractivity contribution in [1.82, 2.24) is 5.32 Å². The van der Waals surface area contributed by atoms with Gasteiger partial charge >= 0.3 is 6.18 Å². The number of nitrogens with one attached hydrogen (secondary N) is 1. The summed E-state index contributed by atoms with van der Waals surface area (Å²) < 4.78 is 41.1. The molecule has 1 aliphatic rings. The number of ether oxygens (including phenoxy) is 1. The molecule has 1 saturated heterocycles. The first-order valence-corrected chi connectivity index (χ1v) is 6.23. The number of piperazine rings is 1. The lowest BCUT2D eigenvalue weighted by Gasteiger charge is -2.36. The second kappa shape index (κ2) is 5.69. The minimum Gasteiger partial charge on any atom is -0.484 e. The van der Waals surface area contributed by atoms with Crippen LogP contribution in [0.5, 0.6) is 5.75 Å². The van der Waals surface area contributed by atoms with Gasteiger partial charge in [0.05, 0.1) is 0 Å². The molecule has 1 atom stereocenters. The van der Waals surface area contributed by atoms with Gasteiger partial charge in [-0.3, -0.25) is 0 Å². The van der Waals surface area contributed by atoms with E-state index < -0.39 is 12.8 Å². The summed E-state index contributed by atoms with van der Waals surface area (Å²) in [7, 11) is 0. The van der Waals surface area contributed by atoms with Crippen molar-refractivity contribution in [2.75, 3.05) is 31.1 Å². The Hall–Kier alpha value is -1.43. The van der Waals surface area contributed by atoms with Crippen molar-refractivity contribution in [1.29, 1.82) is 0 Å². The third-order valence-electron chi connectivity index (χ3n) is 3.05. The highest BCUT2D eigenvalue weighted by atomic mass is 19.4. The Kier molecular flexibility index (Phi) is 4.19. The zero-order valence-electron chi connectivity index (χ0n) is 10.7. The number of alkyl halides is 3. The maximum absolute atomic E-state index is 12.1. The van der Waals surface area contributed by atoms with Gasteiger partial charge in [-0.1, -0.05) is 6.07 Å². The Balaban J connectivity index is 2.06. The molecule has 0 bridgehead atoms. The van der Waals surface area contributed by atoms with Gasteiger partial charge in [-0.15, -0.1) is 0 Å². The summed E-state index contributed by atoms with van der Waals surface area (Å²) in [6, 6.07) is 7.12. The lowest BCUT2D eigenvalue weighted by Crippen LogP contribution is -2.49. The lowest BCUT2D eigenvalue weighted by molar-refractivity contribution is -0.153. The molecule has 0 aromatic heterocycles. The van der Waals surface area contributed by atoms with E-state index in [0.29, 0.717) is 6.04 Å². The number of benzene rings is 1. The van der Waals surface area contributed by atoms with E-state index in [1.807, 2.05) is 6.07 Å². The highest BCUT2D eigenvalue weighted by Gasteiger charge is 2.28. The van der Waals surface area contributed by atoms with Gasteiger partial charge in [-0.2, -0.15) is 13.2 Å². The minimum absolute atomic E-state index is 0.251. The molecule has 6 heteroatoms. The average molecular weight is 274 g/mol. The normalized spacial score (nSPS) is 20.4. The van der Waals surface area contributed by atoms with E-state index in [9.17, 15) is 13.2 Å². The van der Waals surface area contributed by atoms with E-state index in [0.717, 1.165) is 25.3 Å². The van der Waals surface area contributed by atoms with Crippen molar-refractivity contribution < 1.29 is 17.9 Å². The average Bonchev–Trinajstić information content (AvgIpc) is 2.36. The minimum atomic E-state index is -4.31. The van der Waals surface area contributed by atoms with E-state index in [4.69, 9.17) is 4.74 Å². The number of anilines is 1. The Morgan fingerprint density at radius 2 is 2.21 bits per heavy atom. The van der Waals surface area contributed by atoms with Crippen LogP contribution in [0.4, 0.5) is 18.9 Å². The molecule has 0 aliphatic carbocycles. The second-order valence-corrected chi connectivity index (χ2v) is 4.65. The molecular formula is C13H17F3N2O. The molecule has 1 fully saturated rings. The zero-order chi connectivity index (χ0) is 13.9. The number of halogens is 3. The highest BCUT2D eigenvalue weighted by molar-refractivity contribution is 5.52. The molecule has 106 valence electrons. The van der Waals surface area contributed by atoms with Crippen LogP contribution in [-0.4, -0.2) is 38.5 Å². The fourth-order valence-electron chi connectivity index (χ4n) is 2.14. The van der Waals surface area contributed by atoms with Crippen molar-refractivity contribution >= 4 is 5.69 Å². The summed E-state index contributed by atoms with van der Waals surface area (Å²) in [4.78, 5) is 2.16. The van der Waals surface area contributed by atoms with Crippen LogP contribution in [0.1, 0.15) is 6.92 Å². The zero-order valence-corrected chi connectivity index (χ0v) is 10.7. The maximum Gasteiger partial charge on any atom is 0.422 e. The summed E-state index contributed by atoms with van der Waals surface area (Å²) in [6.45, 7) is 3.40. The molecule has 1 aromatic rings. The largest absolute Gasteiger partial charge is 0.484 e. The Morgan fingerprint density at radius 3 is 2.89 bits per heavy atom. The topological polar surface area (TPSA) is 24.5 Å². The first-order chi connectivity index (χ1) is 8.96. The number of hydrogen-bond acceptors (Lipinski definition) is 3. The van der Waals surface area contributed by atoms with Crippen molar-refractivity contribution in [2.45, 2.75) is 19.1 Å². The molecule has 0 spiro atoms. The maximum atomic E-state index is 12.1. The highest BCUT2D eigenvalue weighted by Crippen LogP contribution is 2.25. The second-order valence-electron chi connectivity index (χ2n) is 4.65. The molecule has 1 N–H and O–H groups in total. The predicted molar refractivity (Wildman–Crippen MR) is 67.7 cm³/mol. The van der Waals surface area contributed by atoms with Crippen LogP contribution in [0.3, 0.4) is 0 Å². The van der Waals surface area contributed by atoms with Crippen molar-refractivity contribution in [3.8, 4) is 5.75 Å². The van der Waals surface area contributed by atoms with Crippen LogP contribution < -0.4 is 15.0 Å². The number of rotatable bonds is 3. The van der Waals surface area contributed by atoms with Crippen LogP contribution in [0.2, 0.25) is 0 Å². The molecule has 0 radical (unpaired) electrons. The third kappa shape index (κ3) is 4.02. The lowest BCUT2D eigenvalue weighted by atomic mass is 10.2. The molecule has 3 nitrogen and oxygen atoms in total. The van der Waals surface area contributed by atoms with Gasteiger partial charge in [0.2, 0.25) is 0 Å². The first kappa shape index (κ1) is 14.0.